The lowest BCUT2D eigenvalue weighted by atomic mass is 10.1. The molecule has 2 N–H and O–H groups in total. The van der Waals surface area contributed by atoms with Gasteiger partial charge in [0.05, 0.1) is 5.92 Å². The van der Waals surface area contributed by atoms with Crippen molar-refractivity contribution in [2.24, 2.45) is 5.92 Å². The zero-order chi connectivity index (χ0) is 12.1. The maximum atomic E-state index is 11.8. The molecule has 0 saturated carbocycles. The van der Waals surface area contributed by atoms with Gasteiger partial charge in [-0.05, 0) is 20.3 Å². The molecule has 2 amide bonds. The molecule has 1 aliphatic rings. The fourth-order valence-corrected chi connectivity index (χ4v) is 1.88. The van der Waals surface area contributed by atoms with Crippen LogP contribution in [0.2, 0.25) is 0 Å². The summed E-state index contributed by atoms with van der Waals surface area (Å²) < 4.78 is 0. The standard InChI is InChI=1S/C11H20N2O3/c1-3-13-7-9(6-10(13)15)11(16)12-8(2)4-5-14/h8-9,14H,3-7H2,1-2H3,(H,12,16). The van der Waals surface area contributed by atoms with Crippen molar-refractivity contribution in [3.63, 3.8) is 0 Å². The Kier molecular flexibility index (Phi) is 4.73. The first-order chi connectivity index (χ1) is 7.58. The van der Waals surface area contributed by atoms with Crippen molar-refractivity contribution in [2.45, 2.75) is 32.7 Å². The van der Waals surface area contributed by atoms with Gasteiger partial charge in [0.2, 0.25) is 11.8 Å². The minimum absolute atomic E-state index is 0.0386. The molecule has 0 aromatic rings. The Hall–Kier alpha value is -1.10. The van der Waals surface area contributed by atoms with Gasteiger partial charge in [-0.15, -0.1) is 0 Å². The minimum atomic E-state index is -0.228. The Bertz CT molecular complexity index is 268. The van der Waals surface area contributed by atoms with E-state index in [0.717, 1.165) is 0 Å². The average Bonchev–Trinajstić information content (AvgIpc) is 2.60. The summed E-state index contributed by atoms with van der Waals surface area (Å²) in [6.45, 7) is 5.00. The Morgan fingerprint density at radius 2 is 2.38 bits per heavy atom. The number of amides is 2. The highest BCUT2D eigenvalue weighted by atomic mass is 16.3. The summed E-state index contributed by atoms with van der Waals surface area (Å²) in [7, 11) is 0. The molecule has 1 heterocycles. The molecule has 0 aromatic heterocycles. The number of likely N-dealkylation sites (tertiary alicyclic amines) is 1. The quantitative estimate of drug-likeness (QED) is 0.681. The maximum absolute atomic E-state index is 11.8. The van der Waals surface area contributed by atoms with Crippen LogP contribution in [0, 0.1) is 5.92 Å². The summed E-state index contributed by atoms with van der Waals surface area (Å²) >= 11 is 0. The van der Waals surface area contributed by atoms with Crippen molar-refractivity contribution in [2.75, 3.05) is 19.7 Å². The van der Waals surface area contributed by atoms with E-state index in [2.05, 4.69) is 5.32 Å². The third-order valence-corrected chi connectivity index (χ3v) is 2.92. The van der Waals surface area contributed by atoms with Crippen LogP contribution in [0.5, 0.6) is 0 Å². The third kappa shape index (κ3) is 3.20. The van der Waals surface area contributed by atoms with Crippen LogP contribution in [0.15, 0.2) is 0 Å². The van der Waals surface area contributed by atoms with Crippen molar-refractivity contribution >= 4 is 11.8 Å². The van der Waals surface area contributed by atoms with E-state index >= 15 is 0 Å². The second-order valence-electron chi connectivity index (χ2n) is 4.26. The molecule has 92 valence electrons. The summed E-state index contributed by atoms with van der Waals surface area (Å²) in [6.07, 6.45) is 0.857. The van der Waals surface area contributed by atoms with E-state index in [4.69, 9.17) is 5.11 Å². The van der Waals surface area contributed by atoms with Gasteiger partial charge < -0.3 is 15.3 Å². The lowest BCUT2D eigenvalue weighted by molar-refractivity contribution is -0.129. The zero-order valence-corrected chi connectivity index (χ0v) is 9.90. The topological polar surface area (TPSA) is 69.6 Å². The fourth-order valence-electron chi connectivity index (χ4n) is 1.88. The van der Waals surface area contributed by atoms with E-state index in [1.54, 1.807) is 4.90 Å². The molecule has 0 bridgehead atoms. The Labute approximate surface area is 95.8 Å². The number of hydrogen-bond donors (Lipinski definition) is 2. The van der Waals surface area contributed by atoms with Gasteiger partial charge in [-0.25, -0.2) is 0 Å². The average molecular weight is 228 g/mol. The van der Waals surface area contributed by atoms with Crippen molar-refractivity contribution < 1.29 is 14.7 Å². The van der Waals surface area contributed by atoms with Crippen LogP contribution in [-0.2, 0) is 9.59 Å². The van der Waals surface area contributed by atoms with Gasteiger partial charge in [0.25, 0.3) is 0 Å². The van der Waals surface area contributed by atoms with Crippen LogP contribution in [0.3, 0.4) is 0 Å². The molecular weight excluding hydrogens is 208 g/mol. The summed E-state index contributed by atoms with van der Waals surface area (Å²) in [5.74, 6) is -0.253. The van der Waals surface area contributed by atoms with Crippen LogP contribution < -0.4 is 5.32 Å². The van der Waals surface area contributed by atoms with Gasteiger partial charge in [-0.2, -0.15) is 0 Å². The fraction of sp³-hybridized carbons (Fsp3) is 0.818. The molecule has 1 fully saturated rings. The highest BCUT2D eigenvalue weighted by molar-refractivity contribution is 5.89. The number of hydrogen-bond acceptors (Lipinski definition) is 3. The van der Waals surface area contributed by atoms with Gasteiger partial charge in [-0.1, -0.05) is 0 Å². The lowest BCUT2D eigenvalue weighted by Gasteiger charge is -2.16. The SMILES string of the molecule is CCN1CC(C(=O)NC(C)CCO)CC1=O. The van der Waals surface area contributed by atoms with E-state index in [1.165, 1.54) is 0 Å². The van der Waals surface area contributed by atoms with Gasteiger partial charge in [0.1, 0.15) is 0 Å². The van der Waals surface area contributed by atoms with Crippen LogP contribution in [-0.4, -0.2) is 47.6 Å². The van der Waals surface area contributed by atoms with Crippen molar-refractivity contribution in [3.05, 3.63) is 0 Å². The van der Waals surface area contributed by atoms with Crippen LogP contribution >= 0.6 is 0 Å². The van der Waals surface area contributed by atoms with Crippen LogP contribution in [0.4, 0.5) is 0 Å². The maximum Gasteiger partial charge on any atom is 0.225 e. The molecule has 16 heavy (non-hydrogen) atoms. The number of nitrogens with zero attached hydrogens (tertiary/aromatic N) is 1. The lowest BCUT2D eigenvalue weighted by Crippen LogP contribution is -2.38. The van der Waals surface area contributed by atoms with Crippen molar-refractivity contribution in [1.82, 2.24) is 10.2 Å². The van der Waals surface area contributed by atoms with Gasteiger partial charge in [0.15, 0.2) is 0 Å². The van der Waals surface area contributed by atoms with Gasteiger partial charge in [-0.3, -0.25) is 9.59 Å². The Morgan fingerprint density at radius 1 is 1.69 bits per heavy atom. The van der Waals surface area contributed by atoms with E-state index < -0.39 is 0 Å². The largest absolute Gasteiger partial charge is 0.396 e. The number of aliphatic hydroxyl groups excluding tert-OH is 1. The zero-order valence-electron chi connectivity index (χ0n) is 9.90. The van der Waals surface area contributed by atoms with E-state index in [1.807, 2.05) is 13.8 Å². The van der Waals surface area contributed by atoms with Crippen LogP contribution in [0.1, 0.15) is 26.7 Å². The smallest absolute Gasteiger partial charge is 0.225 e. The highest BCUT2D eigenvalue weighted by Crippen LogP contribution is 2.17. The second-order valence-corrected chi connectivity index (χ2v) is 4.26. The monoisotopic (exact) mass is 228 g/mol. The van der Waals surface area contributed by atoms with Crippen LogP contribution in [0.25, 0.3) is 0 Å². The second kappa shape index (κ2) is 5.84. The molecule has 1 aliphatic heterocycles. The van der Waals surface area contributed by atoms with E-state index in [0.29, 0.717) is 25.9 Å². The number of nitrogens with one attached hydrogen (secondary N) is 1. The normalized spacial score (nSPS) is 22.3. The number of carbonyl (C=O) groups is 2. The molecule has 0 radical (unpaired) electrons. The first-order valence-electron chi connectivity index (χ1n) is 5.77. The molecule has 0 aromatic carbocycles. The predicted molar refractivity (Wildman–Crippen MR) is 59.7 cm³/mol. The van der Waals surface area contributed by atoms with Gasteiger partial charge in [0, 0.05) is 32.2 Å². The summed E-state index contributed by atoms with van der Waals surface area (Å²) in [5, 5.41) is 11.5. The molecule has 2 atom stereocenters. The summed E-state index contributed by atoms with van der Waals surface area (Å²) in [6, 6.07) is -0.0386. The van der Waals surface area contributed by atoms with E-state index in [9.17, 15) is 9.59 Å². The van der Waals surface area contributed by atoms with Crippen molar-refractivity contribution in [3.8, 4) is 0 Å². The number of rotatable bonds is 5. The number of aliphatic hydroxyl groups is 1. The van der Waals surface area contributed by atoms with Gasteiger partial charge >= 0.3 is 0 Å². The molecule has 1 saturated heterocycles. The third-order valence-electron chi connectivity index (χ3n) is 2.92. The summed E-state index contributed by atoms with van der Waals surface area (Å²) in [5.41, 5.74) is 0. The molecule has 5 heteroatoms. The molecule has 0 aliphatic carbocycles. The molecule has 0 spiro atoms. The first-order valence-corrected chi connectivity index (χ1v) is 5.77. The highest BCUT2D eigenvalue weighted by Gasteiger charge is 2.33. The number of carbonyl (C=O) groups excluding carboxylic acids is 2. The molecular formula is C11H20N2O3. The Morgan fingerprint density at radius 3 is 2.88 bits per heavy atom. The molecule has 5 nitrogen and oxygen atoms in total. The summed E-state index contributed by atoms with van der Waals surface area (Å²) in [4.78, 5) is 24.9. The first kappa shape index (κ1) is 13.0. The van der Waals surface area contributed by atoms with Crippen molar-refractivity contribution in [1.29, 1.82) is 0 Å². The minimum Gasteiger partial charge on any atom is -0.396 e. The Balaban J connectivity index is 2.41. The molecule has 2 unspecified atom stereocenters. The molecule has 1 rings (SSSR count). The predicted octanol–water partition coefficient (Wildman–Crippen LogP) is -0.258. The van der Waals surface area contributed by atoms with E-state index in [-0.39, 0.29) is 30.4 Å².